The zero-order valence-electron chi connectivity index (χ0n) is 4.94. The number of thiazole rings is 1. The average Bonchev–Trinajstić information content (AvgIpc) is 2.59. The maximum absolute atomic E-state index is 4.12. The SMILES string of the molecule is [c]1nc(-c2ccsn2)cs1. The van der Waals surface area contributed by atoms with Crippen molar-refractivity contribution in [3.63, 3.8) is 0 Å². The molecule has 4 heteroatoms. The number of rotatable bonds is 1. The molecule has 49 valence electrons. The Bertz CT molecular complexity index is 253. The van der Waals surface area contributed by atoms with E-state index in [1.54, 1.807) is 0 Å². The van der Waals surface area contributed by atoms with Crippen LogP contribution in [0.15, 0.2) is 16.8 Å². The van der Waals surface area contributed by atoms with Gasteiger partial charge in [0.05, 0.1) is 0 Å². The van der Waals surface area contributed by atoms with E-state index in [0.29, 0.717) is 0 Å². The van der Waals surface area contributed by atoms with Gasteiger partial charge in [0.2, 0.25) is 0 Å². The third kappa shape index (κ3) is 0.955. The molecule has 0 amide bonds. The van der Waals surface area contributed by atoms with E-state index < -0.39 is 0 Å². The van der Waals surface area contributed by atoms with Gasteiger partial charge in [-0.2, -0.15) is 4.37 Å². The van der Waals surface area contributed by atoms with Crippen LogP contribution in [0.2, 0.25) is 0 Å². The lowest BCUT2D eigenvalue weighted by molar-refractivity contribution is 1.37. The second kappa shape index (κ2) is 2.48. The van der Waals surface area contributed by atoms with E-state index in [4.69, 9.17) is 0 Å². The quantitative estimate of drug-likeness (QED) is 0.649. The van der Waals surface area contributed by atoms with Gasteiger partial charge < -0.3 is 0 Å². The minimum Gasteiger partial charge on any atom is -0.232 e. The van der Waals surface area contributed by atoms with Crippen molar-refractivity contribution < 1.29 is 0 Å². The number of nitrogens with zero attached hydrogens (tertiary/aromatic N) is 2. The predicted molar refractivity (Wildman–Crippen MR) is 42.1 cm³/mol. The Morgan fingerprint density at radius 2 is 2.40 bits per heavy atom. The molecule has 0 spiro atoms. The van der Waals surface area contributed by atoms with Crippen LogP contribution in [0, 0.1) is 5.51 Å². The van der Waals surface area contributed by atoms with Gasteiger partial charge in [-0.05, 0) is 17.6 Å². The van der Waals surface area contributed by atoms with Gasteiger partial charge in [-0.1, -0.05) is 0 Å². The molecular weight excluding hydrogens is 164 g/mol. The van der Waals surface area contributed by atoms with Gasteiger partial charge in [0, 0.05) is 10.8 Å². The molecule has 2 rings (SSSR count). The van der Waals surface area contributed by atoms with E-state index in [1.807, 2.05) is 16.8 Å². The molecule has 1 radical (unpaired) electrons. The average molecular weight is 167 g/mol. The smallest absolute Gasteiger partial charge is 0.152 e. The maximum atomic E-state index is 4.12. The minimum absolute atomic E-state index is 0.922. The summed E-state index contributed by atoms with van der Waals surface area (Å²) in [6.07, 6.45) is 0. The van der Waals surface area contributed by atoms with Crippen molar-refractivity contribution in [2.45, 2.75) is 0 Å². The van der Waals surface area contributed by atoms with Crippen molar-refractivity contribution in [3.05, 3.63) is 22.3 Å². The summed E-state index contributed by atoms with van der Waals surface area (Å²) in [7, 11) is 0. The van der Waals surface area contributed by atoms with Crippen LogP contribution in [0.5, 0.6) is 0 Å². The number of hydrogen-bond donors (Lipinski definition) is 0. The standard InChI is InChI=1S/C6H3N2S2/c1-2-10-8-5(1)6-3-9-4-7-6/h1-3H. The molecule has 0 aliphatic carbocycles. The molecule has 0 N–H and O–H groups in total. The lowest BCUT2D eigenvalue weighted by atomic mass is 10.3. The second-order valence-corrected chi connectivity index (χ2v) is 3.03. The molecule has 10 heavy (non-hydrogen) atoms. The molecular formula is C6H3N2S2. The predicted octanol–water partition coefficient (Wildman–Crippen LogP) is 2.07. The van der Waals surface area contributed by atoms with Crippen LogP contribution in [0.3, 0.4) is 0 Å². The first-order valence-corrected chi connectivity index (χ1v) is 4.41. The molecule has 0 fully saturated rings. The van der Waals surface area contributed by atoms with E-state index >= 15 is 0 Å². The van der Waals surface area contributed by atoms with Crippen LogP contribution in [-0.2, 0) is 0 Å². The van der Waals surface area contributed by atoms with Crippen LogP contribution in [0.4, 0.5) is 0 Å². The molecule has 0 unspecified atom stereocenters. The highest BCUT2D eigenvalue weighted by Gasteiger charge is 1.99. The molecule has 0 bridgehead atoms. The Hall–Kier alpha value is -0.740. The summed E-state index contributed by atoms with van der Waals surface area (Å²) in [6.45, 7) is 0. The van der Waals surface area contributed by atoms with E-state index in [9.17, 15) is 0 Å². The van der Waals surface area contributed by atoms with Crippen LogP contribution in [0.1, 0.15) is 0 Å². The lowest BCUT2D eigenvalue weighted by Crippen LogP contribution is -1.72. The van der Waals surface area contributed by atoms with Crippen molar-refractivity contribution in [1.82, 2.24) is 9.36 Å². The summed E-state index contributed by atoms with van der Waals surface area (Å²) in [6, 6.07) is 1.95. The molecule has 2 aromatic rings. The largest absolute Gasteiger partial charge is 0.232 e. The first kappa shape index (κ1) is 6.00. The molecule has 2 heterocycles. The van der Waals surface area contributed by atoms with Gasteiger partial charge in [-0.15, -0.1) is 11.3 Å². The van der Waals surface area contributed by atoms with E-state index in [0.717, 1.165) is 11.4 Å². The summed E-state index contributed by atoms with van der Waals surface area (Å²) < 4.78 is 4.12. The van der Waals surface area contributed by atoms with Crippen molar-refractivity contribution >= 4 is 22.9 Å². The van der Waals surface area contributed by atoms with Gasteiger partial charge in [0.25, 0.3) is 0 Å². The molecule has 0 aromatic carbocycles. The normalized spacial score (nSPS) is 10.0. The van der Waals surface area contributed by atoms with Crippen molar-refractivity contribution in [3.8, 4) is 11.4 Å². The summed E-state index contributed by atoms with van der Waals surface area (Å²) >= 11 is 2.90. The Morgan fingerprint density at radius 1 is 1.40 bits per heavy atom. The Morgan fingerprint density at radius 3 is 3.00 bits per heavy atom. The summed E-state index contributed by atoms with van der Waals surface area (Å²) in [5.74, 6) is 0. The van der Waals surface area contributed by atoms with Crippen LogP contribution in [-0.4, -0.2) is 9.36 Å². The van der Waals surface area contributed by atoms with Gasteiger partial charge in [-0.25, -0.2) is 4.98 Å². The van der Waals surface area contributed by atoms with E-state index in [-0.39, 0.29) is 0 Å². The highest BCUT2D eigenvalue weighted by molar-refractivity contribution is 7.07. The lowest BCUT2D eigenvalue weighted by Gasteiger charge is -1.82. The first-order chi connectivity index (χ1) is 4.97. The Labute approximate surface area is 66.3 Å². The fourth-order valence-corrected chi connectivity index (χ4v) is 1.65. The fraction of sp³-hybridized carbons (Fsp3) is 0. The molecule has 0 atom stereocenters. The zero-order chi connectivity index (χ0) is 6.81. The molecule has 0 aliphatic heterocycles. The van der Waals surface area contributed by atoms with Gasteiger partial charge in [0.1, 0.15) is 11.4 Å². The van der Waals surface area contributed by atoms with E-state index in [1.165, 1.54) is 22.9 Å². The van der Waals surface area contributed by atoms with Gasteiger partial charge in [0.15, 0.2) is 5.51 Å². The third-order valence-corrected chi connectivity index (χ3v) is 2.19. The number of hydrogen-bond acceptors (Lipinski definition) is 4. The van der Waals surface area contributed by atoms with Crippen molar-refractivity contribution in [1.29, 1.82) is 0 Å². The summed E-state index contributed by atoms with van der Waals surface area (Å²) in [5, 5.41) is 3.88. The van der Waals surface area contributed by atoms with Gasteiger partial charge in [-0.3, -0.25) is 0 Å². The van der Waals surface area contributed by atoms with Crippen molar-refractivity contribution in [2.75, 3.05) is 0 Å². The van der Waals surface area contributed by atoms with Gasteiger partial charge >= 0.3 is 0 Å². The van der Waals surface area contributed by atoms with Crippen LogP contribution < -0.4 is 0 Å². The molecule has 2 nitrogen and oxygen atoms in total. The Kier molecular flexibility index (Phi) is 1.49. The van der Waals surface area contributed by atoms with Crippen LogP contribution >= 0.6 is 22.9 Å². The highest BCUT2D eigenvalue weighted by atomic mass is 32.1. The monoisotopic (exact) mass is 167 g/mol. The number of aromatic nitrogens is 2. The maximum Gasteiger partial charge on any atom is 0.152 e. The first-order valence-electron chi connectivity index (χ1n) is 2.69. The highest BCUT2D eigenvalue weighted by Crippen LogP contribution is 2.16. The fourth-order valence-electron chi connectivity index (χ4n) is 0.646. The topological polar surface area (TPSA) is 25.8 Å². The van der Waals surface area contributed by atoms with Crippen molar-refractivity contribution in [2.24, 2.45) is 0 Å². The second-order valence-electron chi connectivity index (χ2n) is 1.71. The molecule has 0 aliphatic rings. The molecule has 2 aromatic heterocycles. The zero-order valence-corrected chi connectivity index (χ0v) is 6.58. The summed E-state index contributed by atoms with van der Waals surface area (Å²) in [4.78, 5) is 4.00. The minimum atomic E-state index is 0.922. The van der Waals surface area contributed by atoms with Crippen LogP contribution in [0.25, 0.3) is 11.4 Å². The van der Waals surface area contributed by atoms with E-state index in [2.05, 4.69) is 14.9 Å². The molecule has 0 saturated carbocycles. The summed E-state index contributed by atoms with van der Waals surface area (Å²) in [5.41, 5.74) is 4.64. The molecule has 0 saturated heterocycles. The third-order valence-electron chi connectivity index (χ3n) is 1.09. The Balaban J connectivity index is 2.48.